The minimum Gasteiger partial charge on any atom is -0.508 e. The van der Waals surface area contributed by atoms with Crippen LogP contribution >= 0.6 is 21.6 Å². The Labute approximate surface area is 447 Å². The van der Waals surface area contributed by atoms with Crippen LogP contribution in [-0.2, 0) is 45.1 Å². The number of benzene rings is 3. The van der Waals surface area contributed by atoms with Crippen LogP contribution in [0.25, 0.3) is 44.7 Å². The summed E-state index contributed by atoms with van der Waals surface area (Å²) in [5.74, 6) is -1.92. The van der Waals surface area contributed by atoms with Crippen molar-refractivity contribution < 1.29 is 52.8 Å². The van der Waals surface area contributed by atoms with Gasteiger partial charge < -0.3 is 49.3 Å². The van der Waals surface area contributed by atoms with Crippen molar-refractivity contribution in [2.24, 2.45) is 0 Å². The number of halogens is 1. The molecule has 17 nitrogen and oxygen atoms in total. The summed E-state index contributed by atoms with van der Waals surface area (Å²) in [7, 11) is 3.01. The van der Waals surface area contributed by atoms with E-state index in [1.54, 1.807) is 19.1 Å². The molecule has 3 unspecified atom stereocenters. The van der Waals surface area contributed by atoms with Crippen LogP contribution in [0.5, 0.6) is 11.5 Å². The maximum absolute atomic E-state index is 15.4. The number of nitrogens with zero attached hydrogens (tertiary/aromatic N) is 4. The fourth-order valence-electron chi connectivity index (χ4n) is 10.2. The molecule has 6 aromatic rings. The first-order valence-electron chi connectivity index (χ1n) is 25.6. The molecule has 0 radical (unpaired) electrons. The molecular weight excluding hydrogens is 1020 g/mol. The molecule has 3 aliphatic heterocycles. The Morgan fingerprint density at radius 1 is 1.00 bits per heavy atom. The van der Waals surface area contributed by atoms with Crippen molar-refractivity contribution in [3.05, 3.63) is 115 Å². The van der Waals surface area contributed by atoms with Gasteiger partial charge in [0.2, 0.25) is 0 Å². The van der Waals surface area contributed by atoms with Gasteiger partial charge in [0.05, 0.1) is 64.1 Å². The number of aliphatic hydroxyl groups is 1. The summed E-state index contributed by atoms with van der Waals surface area (Å²) in [6.07, 6.45) is -1.41. The standard InChI is InChI=1S/C54H57FN6O11S2.C2H6/c1-26(2)32-17-34(42(63)20-41(32)62)49-43(30-9-7-29(8-10-30)22-60-13-15-69-16-14-60)47(59-72-49)50(65)56-21-27(3)73-74-54(5,6)25-71-53(68)58-38-12-11-31-28(4)37(55)19-39-44(31)45(38)35-23-61-40(46(35)57-39)18-33-36(51(61)66)24-70-52(67)48(33)64;1-2/h7-10,17-20,26-27,38,48,62-64H,11-16,21-25H2,1-6H3,(H,56,65)(H,58,68);1-2H3. The third-order valence-electron chi connectivity index (χ3n) is 14.1. The number of phenolic OH excluding ortho intramolecular Hbond substituents is 2. The fourth-order valence-corrected chi connectivity index (χ4v) is 12.5. The highest BCUT2D eigenvalue weighted by Gasteiger charge is 2.38. The topological polar surface area (TPSA) is 228 Å². The number of alkyl carbamates (subject to hydrolysis) is 1. The SMILES string of the molecule is CC.Cc1c(F)cc2nc3c(c4c2c1CCC4NC(=O)OCC(C)(C)SSC(C)CNC(=O)c1noc(-c2cc(C(C)C)c(O)cc2O)c1-c1ccc(CN2CCOCC2)cc1)Cn1c-3cc2c(c1=O)COC(=O)C2O. The monoisotopic (exact) mass is 1080 g/mol. The fraction of sp³-hybridized carbons (Fsp3) is 0.429. The first kappa shape index (κ1) is 54.3. The molecule has 0 saturated carbocycles. The Balaban J connectivity index is 0.00000349. The van der Waals surface area contributed by atoms with Crippen LogP contribution in [0, 0.1) is 12.7 Å². The van der Waals surface area contributed by atoms with E-state index in [1.165, 1.54) is 38.3 Å². The number of rotatable bonds is 14. The average molecular weight is 1080 g/mol. The Hall–Kier alpha value is -6.45. The smallest absolute Gasteiger partial charge is 0.407 e. The van der Waals surface area contributed by atoms with Crippen LogP contribution in [0.4, 0.5) is 9.18 Å². The number of nitrogens with one attached hydrogen (secondary N) is 2. The third kappa shape index (κ3) is 10.7. The van der Waals surface area contributed by atoms with Gasteiger partial charge in [0, 0.05) is 60.1 Å². The summed E-state index contributed by atoms with van der Waals surface area (Å²) in [6, 6.07) is 13.1. The number of fused-ring (bicyclic) bond motifs is 5. The Morgan fingerprint density at radius 2 is 1.74 bits per heavy atom. The molecule has 6 heterocycles. The number of phenols is 2. The maximum Gasteiger partial charge on any atom is 0.407 e. The first-order valence-corrected chi connectivity index (χ1v) is 27.9. The van der Waals surface area contributed by atoms with Gasteiger partial charge in [-0.25, -0.2) is 19.0 Å². The summed E-state index contributed by atoms with van der Waals surface area (Å²) in [5, 5.41) is 43.3. The first-order chi connectivity index (χ1) is 36.4. The number of carbonyl (C=O) groups is 3. The number of hydrogen-bond donors (Lipinski definition) is 5. The zero-order valence-corrected chi connectivity index (χ0v) is 45.4. The second-order valence-electron chi connectivity index (χ2n) is 20.2. The number of aryl methyl sites for hydroxylation is 1. The molecule has 5 N–H and O–H groups in total. The lowest BCUT2D eigenvalue weighted by atomic mass is 9.82. The number of aromatic nitrogens is 3. The van der Waals surface area contributed by atoms with Crippen molar-refractivity contribution in [2.75, 3.05) is 39.5 Å². The van der Waals surface area contributed by atoms with Crippen LogP contribution in [0.15, 0.2) is 57.8 Å². The number of ether oxygens (including phenoxy) is 3. The van der Waals surface area contributed by atoms with Crippen molar-refractivity contribution in [3.63, 3.8) is 0 Å². The minimum absolute atomic E-state index is 0.0293. The van der Waals surface area contributed by atoms with Crippen LogP contribution < -0.4 is 16.2 Å². The van der Waals surface area contributed by atoms with Crippen LogP contribution in [0.3, 0.4) is 0 Å². The molecule has 3 aromatic heterocycles. The number of morpholine rings is 1. The van der Waals surface area contributed by atoms with Crippen molar-refractivity contribution in [1.82, 2.24) is 30.2 Å². The summed E-state index contributed by atoms with van der Waals surface area (Å²) in [6.45, 7) is 19.3. The van der Waals surface area contributed by atoms with E-state index >= 15 is 4.39 Å². The largest absolute Gasteiger partial charge is 0.508 e. The number of amides is 2. The van der Waals surface area contributed by atoms with Gasteiger partial charge in [-0.05, 0) is 85.0 Å². The lowest BCUT2D eigenvalue weighted by Gasteiger charge is -2.30. The Bertz CT molecular complexity index is 3300. The minimum atomic E-state index is -1.63. The predicted molar refractivity (Wildman–Crippen MR) is 289 cm³/mol. The van der Waals surface area contributed by atoms with Gasteiger partial charge in [-0.15, -0.1) is 0 Å². The number of cyclic esters (lactones) is 1. The quantitative estimate of drug-likeness (QED) is 0.0505. The van der Waals surface area contributed by atoms with Gasteiger partial charge in [-0.1, -0.05) is 85.6 Å². The molecule has 4 aliphatic rings. The number of carbonyl (C=O) groups excluding carboxylic acids is 3. The molecule has 2 amide bonds. The van der Waals surface area contributed by atoms with Gasteiger partial charge in [-0.3, -0.25) is 14.5 Å². The highest BCUT2D eigenvalue weighted by atomic mass is 33.1. The normalized spacial score (nSPS) is 17.3. The second kappa shape index (κ2) is 22.3. The van der Waals surface area contributed by atoms with E-state index in [4.69, 9.17) is 23.7 Å². The van der Waals surface area contributed by atoms with E-state index in [0.717, 1.165) is 30.8 Å². The molecule has 1 fully saturated rings. The Kier molecular flexibility index (Phi) is 15.9. The lowest BCUT2D eigenvalue weighted by molar-refractivity contribution is -0.157. The molecule has 402 valence electrons. The summed E-state index contributed by atoms with van der Waals surface area (Å²) in [5.41, 5.74) is 6.75. The molecule has 3 aromatic carbocycles. The van der Waals surface area contributed by atoms with Gasteiger partial charge in [-0.2, -0.15) is 0 Å². The van der Waals surface area contributed by atoms with E-state index in [1.807, 2.05) is 72.7 Å². The number of pyridine rings is 2. The third-order valence-corrected chi connectivity index (χ3v) is 17.9. The second-order valence-corrected chi connectivity index (χ2v) is 23.6. The maximum atomic E-state index is 15.4. The number of hydrogen-bond acceptors (Lipinski definition) is 16. The molecule has 20 heteroatoms. The number of esters is 1. The van der Waals surface area contributed by atoms with E-state index in [0.29, 0.717) is 87.3 Å². The molecule has 1 saturated heterocycles. The van der Waals surface area contributed by atoms with Crippen LogP contribution in [0.1, 0.15) is 128 Å². The zero-order chi connectivity index (χ0) is 54.3. The van der Waals surface area contributed by atoms with Gasteiger partial charge >= 0.3 is 12.1 Å². The van der Waals surface area contributed by atoms with Gasteiger partial charge in [0.15, 0.2) is 17.6 Å². The lowest BCUT2D eigenvalue weighted by Crippen LogP contribution is -2.35. The highest BCUT2D eigenvalue weighted by Crippen LogP contribution is 2.47. The van der Waals surface area contributed by atoms with E-state index in [2.05, 4.69) is 20.7 Å². The summed E-state index contributed by atoms with van der Waals surface area (Å²) < 4.78 is 38.6. The molecule has 0 bridgehead atoms. The number of aliphatic hydroxyl groups excluding tert-OH is 1. The summed E-state index contributed by atoms with van der Waals surface area (Å²) >= 11 is 0. The van der Waals surface area contributed by atoms with E-state index < -0.39 is 46.2 Å². The molecule has 1 aliphatic carbocycles. The van der Waals surface area contributed by atoms with Crippen LogP contribution in [-0.4, -0.2) is 102 Å². The number of aromatic hydroxyl groups is 2. The molecule has 76 heavy (non-hydrogen) atoms. The molecule has 10 rings (SSSR count). The zero-order valence-electron chi connectivity index (χ0n) is 43.8. The van der Waals surface area contributed by atoms with Crippen molar-refractivity contribution in [3.8, 4) is 45.3 Å². The van der Waals surface area contributed by atoms with Gasteiger partial charge in [0.25, 0.3) is 11.5 Å². The van der Waals surface area contributed by atoms with Gasteiger partial charge in [0.1, 0.15) is 30.5 Å². The predicted octanol–water partition coefficient (Wildman–Crippen LogP) is 9.37. The van der Waals surface area contributed by atoms with E-state index in [-0.39, 0.29) is 71.6 Å². The summed E-state index contributed by atoms with van der Waals surface area (Å²) in [4.78, 5) is 61.0. The van der Waals surface area contributed by atoms with Crippen LogP contribution in [0.2, 0.25) is 0 Å². The van der Waals surface area contributed by atoms with Crippen molar-refractivity contribution in [1.29, 1.82) is 0 Å². The van der Waals surface area contributed by atoms with Crippen molar-refractivity contribution in [2.45, 2.75) is 116 Å². The van der Waals surface area contributed by atoms with E-state index in [9.17, 15) is 34.5 Å². The average Bonchev–Trinajstić information content (AvgIpc) is 4.19. The molecule has 3 atom stereocenters. The molecule has 0 spiro atoms. The van der Waals surface area contributed by atoms with Crippen molar-refractivity contribution >= 4 is 50.5 Å². The Morgan fingerprint density at radius 3 is 2.46 bits per heavy atom. The molecular formula is C56H63FN6O11S2. The highest BCUT2D eigenvalue weighted by molar-refractivity contribution is 8.77.